The van der Waals surface area contributed by atoms with Gasteiger partial charge in [-0.2, -0.15) is 0 Å². The van der Waals surface area contributed by atoms with Crippen LogP contribution in [0.1, 0.15) is 33.1 Å². The highest BCUT2D eigenvalue weighted by Gasteiger charge is 2.28. The Labute approximate surface area is 176 Å². The zero-order valence-electron chi connectivity index (χ0n) is 16.4. The number of hydrogen-bond acceptors (Lipinski definition) is 4. The van der Waals surface area contributed by atoms with E-state index in [0.29, 0.717) is 34.3 Å². The van der Waals surface area contributed by atoms with E-state index < -0.39 is 0 Å². The fourth-order valence-electron chi connectivity index (χ4n) is 3.67. The number of halogens is 1. The summed E-state index contributed by atoms with van der Waals surface area (Å²) in [6.07, 6.45) is 5.30. The molecule has 150 valence electrons. The summed E-state index contributed by atoms with van der Waals surface area (Å²) < 4.78 is 1.97. The molecule has 1 N–H and O–H groups in total. The molecule has 0 saturated heterocycles. The Morgan fingerprint density at radius 3 is 2.79 bits per heavy atom. The van der Waals surface area contributed by atoms with Gasteiger partial charge in [-0.25, -0.2) is 0 Å². The second-order valence-electron chi connectivity index (χ2n) is 7.44. The molecule has 2 aromatic rings. The van der Waals surface area contributed by atoms with E-state index >= 15 is 0 Å². The van der Waals surface area contributed by atoms with Crippen molar-refractivity contribution in [1.29, 1.82) is 0 Å². The van der Waals surface area contributed by atoms with Gasteiger partial charge in [0, 0.05) is 23.2 Å². The average Bonchev–Trinajstić information content (AvgIpc) is 3.07. The molecule has 1 aromatic carbocycles. The van der Waals surface area contributed by atoms with Gasteiger partial charge in [-0.05, 0) is 42.5 Å². The molecule has 1 aromatic heterocycles. The van der Waals surface area contributed by atoms with Gasteiger partial charge in [0.25, 0.3) is 0 Å². The van der Waals surface area contributed by atoms with Crippen LogP contribution in [0.3, 0.4) is 0 Å². The van der Waals surface area contributed by atoms with Crippen molar-refractivity contribution in [2.24, 2.45) is 11.8 Å². The third-order valence-electron chi connectivity index (χ3n) is 5.52. The normalized spacial score (nSPS) is 22.0. The van der Waals surface area contributed by atoms with Gasteiger partial charge in [0.15, 0.2) is 11.0 Å². The van der Waals surface area contributed by atoms with Gasteiger partial charge in [0.2, 0.25) is 5.91 Å². The first-order valence-electron chi connectivity index (χ1n) is 9.71. The van der Waals surface area contributed by atoms with Crippen molar-refractivity contribution in [2.75, 3.05) is 5.75 Å². The highest BCUT2D eigenvalue weighted by molar-refractivity contribution is 7.99. The minimum atomic E-state index is 0.0529. The van der Waals surface area contributed by atoms with Crippen molar-refractivity contribution in [3.63, 3.8) is 0 Å². The molecule has 1 saturated carbocycles. The van der Waals surface area contributed by atoms with Crippen molar-refractivity contribution in [3.05, 3.63) is 41.9 Å². The van der Waals surface area contributed by atoms with E-state index in [4.69, 9.17) is 11.6 Å². The Morgan fingerprint density at radius 1 is 1.32 bits per heavy atom. The smallest absolute Gasteiger partial charge is 0.230 e. The van der Waals surface area contributed by atoms with E-state index in [1.165, 1.54) is 24.6 Å². The van der Waals surface area contributed by atoms with Crippen LogP contribution in [0.15, 0.2) is 42.1 Å². The van der Waals surface area contributed by atoms with Crippen molar-refractivity contribution in [3.8, 4) is 11.4 Å². The van der Waals surface area contributed by atoms with Crippen molar-refractivity contribution >= 4 is 29.3 Å². The van der Waals surface area contributed by atoms with Crippen molar-refractivity contribution in [1.82, 2.24) is 20.1 Å². The van der Waals surface area contributed by atoms with Gasteiger partial charge < -0.3 is 5.32 Å². The van der Waals surface area contributed by atoms with E-state index in [-0.39, 0.29) is 11.9 Å². The van der Waals surface area contributed by atoms with Crippen LogP contribution in [0.4, 0.5) is 0 Å². The third kappa shape index (κ3) is 4.97. The number of aromatic nitrogens is 3. The number of amides is 1. The predicted molar refractivity (Wildman–Crippen MR) is 115 cm³/mol. The Morgan fingerprint density at radius 2 is 2.07 bits per heavy atom. The van der Waals surface area contributed by atoms with Crippen LogP contribution >= 0.6 is 23.4 Å². The molecule has 1 fully saturated rings. The second kappa shape index (κ2) is 9.61. The maximum atomic E-state index is 12.5. The number of nitrogens with zero attached hydrogens (tertiary/aromatic N) is 3. The molecule has 0 bridgehead atoms. The first-order chi connectivity index (χ1) is 13.5. The fraction of sp³-hybridized carbons (Fsp3) is 0.476. The molecule has 28 heavy (non-hydrogen) atoms. The van der Waals surface area contributed by atoms with Crippen LogP contribution in [0.25, 0.3) is 11.4 Å². The zero-order chi connectivity index (χ0) is 20.1. The van der Waals surface area contributed by atoms with E-state index in [1.54, 1.807) is 6.08 Å². The van der Waals surface area contributed by atoms with Crippen LogP contribution in [0.2, 0.25) is 5.02 Å². The van der Waals surface area contributed by atoms with Crippen LogP contribution in [-0.4, -0.2) is 32.5 Å². The minimum absolute atomic E-state index is 0.0529. The maximum Gasteiger partial charge on any atom is 0.230 e. The third-order valence-corrected chi connectivity index (χ3v) is 6.74. The second-order valence-corrected chi connectivity index (χ2v) is 8.82. The minimum Gasteiger partial charge on any atom is -0.352 e. The summed E-state index contributed by atoms with van der Waals surface area (Å²) >= 11 is 7.39. The summed E-state index contributed by atoms with van der Waals surface area (Å²) in [7, 11) is 0. The number of carbonyl (C=O) groups is 1. The lowest BCUT2D eigenvalue weighted by atomic mass is 9.78. The fourth-order valence-corrected chi connectivity index (χ4v) is 4.55. The molecule has 3 atom stereocenters. The summed E-state index contributed by atoms with van der Waals surface area (Å²) in [4.78, 5) is 12.5. The Kier molecular flexibility index (Phi) is 7.18. The number of rotatable bonds is 7. The Bertz CT molecular complexity index is 820. The Hall–Kier alpha value is -1.79. The number of thioether (sulfide) groups is 1. The summed E-state index contributed by atoms with van der Waals surface area (Å²) in [6.45, 7) is 8.91. The topological polar surface area (TPSA) is 59.8 Å². The van der Waals surface area contributed by atoms with E-state index in [2.05, 4.69) is 35.9 Å². The summed E-state index contributed by atoms with van der Waals surface area (Å²) in [5.41, 5.74) is 0.931. The lowest BCUT2D eigenvalue weighted by Gasteiger charge is -2.34. The lowest BCUT2D eigenvalue weighted by molar-refractivity contribution is -0.120. The maximum absolute atomic E-state index is 12.5. The zero-order valence-corrected chi connectivity index (χ0v) is 18.0. The van der Waals surface area contributed by atoms with Gasteiger partial charge >= 0.3 is 0 Å². The predicted octanol–water partition coefficient (Wildman–Crippen LogP) is 4.82. The first-order valence-corrected chi connectivity index (χ1v) is 11.1. The highest BCUT2D eigenvalue weighted by Crippen LogP contribution is 2.30. The SMILES string of the molecule is C=CCn1c(SCC(=O)N[C@H]2CCC[C@H](C)[C@H]2C)nnc1-c1ccc(Cl)cc1. The van der Waals surface area contributed by atoms with E-state index in [9.17, 15) is 4.79 Å². The molecule has 1 amide bonds. The molecule has 1 aliphatic rings. The summed E-state index contributed by atoms with van der Waals surface area (Å²) in [6, 6.07) is 7.76. The Balaban J connectivity index is 1.66. The van der Waals surface area contributed by atoms with Gasteiger partial charge in [-0.3, -0.25) is 9.36 Å². The molecule has 0 aliphatic heterocycles. The summed E-state index contributed by atoms with van der Waals surface area (Å²) in [5.74, 6) is 2.30. The molecule has 3 rings (SSSR count). The number of hydrogen-bond donors (Lipinski definition) is 1. The molecular formula is C21H27ClN4OS. The number of allylic oxidation sites excluding steroid dienone is 1. The number of benzene rings is 1. The molecule has 0 unspecified atom stereocenters. The molecule has 0 spiro atoms. The van der Waals surface area contributed by atoms with Gasteiger partial charge in [0.05, 0.1) is 5.75 Å². The largest absolute Gasteiger partial charge is 0.352 e. The number of nitrogens with one attached hydrogen (secondary N) is 1. The number of carbonyl (C=O) groups excluding carboxylic acids is 1. The van der Waals surface area contributed by atoms with E-state index in [1.807, 2.05) is 28.8 Å². The monoisotopic (exact) mass is 418 g/mol. The first kappa shape index (κ1) is 20.9. The van der Waals surface area contributed by atoms with E-state index in [0.717, 1.165) is 17.8 Å². The molecule has 7 heteroatoms. The van der Waals surface area contributed by atoms with Crippen LogP contribution in [0, 0.1) is 11.8 Å². The van der Waals surface area contributed by atoms with Crippen LogP contribution in [0.5, 0.6) is 0 Å². The van der Waals surface area contributed by atoms with Crippen molar-refractivity contribution < 1.29 is 4.79 Å². The molecule has 0 radical (unpaired) electrons. The van der Waals surface area contributed by atoms with Gasteiger partial charge in [-0.1, -0.05) is 56.1 Å². The molecule has 5 nitrogen and oxygen atoms in total. The standard InChI is InChI=1S/C21H27ClN4OS/c1-4-12-26-20(16-8-10-17(22)11-9-16)24-25-21(26)28-13-19(27)23-18-7-5-6-14(2)15(18)3/h4,8-11,14-15,18H,1,5-7,12-13H2,2-3H3,(H,23,27)/t14-,15+,18-/m0/s1. The van der Waals surface area contributed by atoms with Gasteiger partial charge in [0.1, 0.15) is 0 Å². The molecule has 1 heterocycles. The average molecular weight is 419 g/mol. The van der Waals surface area contributed by atoms with Crippen molar-refractivity contribution in [2.45, 2.75) is 50.9 Å². The quantitative estimate of drug-likeness (QED) is 0.517. The van der Waals surface area contributed by atoms with Crippen LogP contribution in [-0.2, 0) is 11.3 Å². The highest BCUT2D eigenvalue weighted by atomic mass is 35.5. The van der Waals surface area contributed by atoms with Crippen LogP contribution < -0.4 is 5.32 Å². The van der Waals surface area contributed by atoms with Gasteiger partial charge in [-0.15, -0.1) is 16.8 Å². The summed E-state index contributed by atoms with van der Waals surface area (Å²) in [5, 5.41) is 13.2. The molecule has 1 aliphatic carbocycles. The molecular weight excluding hydrogens is 392 g/mol. The lowest BCUT2D eigenvalue weighted by Crippen LogP contribution is -2.44.